The van der Waals surface area contributed by atoms with Crippen LogP contribution in [0.3, 0.4) is 0 Å². The van der Waals surface area contributed by atoms with E-state index in [-0.39, 0.29) is 10.8 Å². The van der Waals surface area contributed by atoms with Gasteiger partial charge in [-0.15, -0.1) is 0 Å². The van der Waals surface area contributed by atoms with Crippen molar-refractivity contribution in [3.05, 3.63) is 94.0 Å². The van der Waals surface area contributed by atoms with E-state index in [1.165, 1.54) is 24.3 Å². The molecular formula is C21H19BrN2O3S. The Balaban J connectivity index is 1.68. The minimum atomic E-state index is -3.73. The van der Waals surface area contributed by atoms with Gasteiger partial charge in [0, 0.05) is 16.6 Å². The summed E-state index contributed by atoms with van der Waals surface area (Å²) in [5.41, 5.74) is 2.71. The van der Waals surface area contributed by atoms with E-state index in [0.29, 0.717) is 17.8 Å². The predicted octanol–water partition coefficient (Wildman–Crippen LogP) is 4.49. The second-order valence-electron chi connectivity index (χ2n) is 6.26. The van der Waals surface area contributed by atoms with Gasteiger partial charge in [0.15, 0.2) is 0 Å². The molecule has 0 bridgehead atoms. The molecule has 0 heterocycles. The molecule has 0 aliphatic rings. The molecular weight excluding hydrogens is 440 g/mol. The van der Waals surface area contributed by atoms with Gasteiger partial charge in [0.2, 0.25) is 0 Å². The molecule has 0 aliphatic heterocycles. The van der Waals surface area contributed by atoms with Crippen LogP contribution in [0.5, 0.6) is 0 Å². The summed E-state index contributed by atoms with van der Waals surface area (Å²) < 4.78 is 28.6. The molecule has 28 heavy (non-hydrogen) atoms. The van der Waals surface area contributed by atoms with Gasteiger partial charge in [-0.2, -0.15) is 0 Å². The van der Waals surface area contributed by atoms with Gasteiger partial charge in [0.25, 0.3) is 15.9 Å². The Hall–Kier alpha value is -2.64. The Bertz CT molecular complexity index is 1100. The maximum atomic E-state index is 12.6. The molecule has 0 aliphatic carbocycles. The summed E-state index contributed by atoms with van der Waals surface area (Å²) in [7, 11) is -3.73. The van der Waals surface area contributed by atoms with Gasteiger partial charge in [-0.3, -0.25) is 9.52 Å². The SMILES string of the molecule is Cc1ccccc1NS(=O)(=O)c1ccc(C(=O)NCc2cccc(Br)c2)cc1. The molecule has 0 saturated heterocycles. The smallest absolute Gasteiger partial charge is 0.261 e. The standard InChI is InChI=1S/C21H19BrN2O3S/c1-15-5-2-3-8-20(15)24-28(26,27)19-11-9-17(10-12-19)21(25)23-14-16-6-4-7-18(22)13-16/h2-13,24H,14H2,1H3,(H,23,25). The van der Waals surface area contributed by atoms with Gasteiger partial charge in [-0.1, -0.05) is 46.3 Å². The van der Waals surface area contributed by atoms with Crippen molar-refractivity contribution in [1.82, 2.24) is 5.32 Å². The van der Waals surface area contributed by atoms with Crippen molar-refractivity contribution in [3.63, 3.8) is 0 Å². The first-order valence-corrected chi connectivity index (χ1v) is 10.8. The summed E-state index contributed by atoms with van der Waals surface area (Å²) in [6.07, 6.45) is 0. The van der Waals surface area contributed by atoms with Gasteiger partial charge < -0.3 is 5.32 Å². The summed E-state index contributed by atoms with van der Waals surface area (Å²) in [5.74, 6) is -0.268. The van der Waals surface area contributed by atoms with Crippen molar-refractivity contribution >= 4 is 37.5 Å². The molecule has 1 amide bonds. The molecule has 5 nitrogen and oxygen atoms in total. The maximum absolute atomic E-state index is 12.6. The third kappa shape index (κ3) is 4.99. The highest BCUT2D eigenvalue weighted by Gasteiger charge is 2.16. The first-order chi connectivity index (χ1) is 13.3. The number of benzene rings is 3. The van der Waals surface area contributed by atoms with Crippen LogP contribution in [0.1, 0.15) is 21.5 Å². The zero-order valence-electron chi connectivity index (χ0n) is 15.1. The number of sulfonamides is 1. The molecule has 3 aromatic carbocycles. The van der Waals surface area contributed by atoms with Crippen molar-refractivity contribution in [2.45, 2.75) is 18.4 Å². The Morgan fingerprint density at radius 3 is 2.36 bits per heavy atom. The number of para-hydroxylation sites is 1. The molecule has 0 radical (unpaired) electrons. The third-order valence-corrected chi connectivity index (χ3v) is 6.03. The molecule has 0 atom stereocenters. The van der Waals surface area contributed by atoms with Crippen LogP contribution in [0.2, 0.25) is 0 Å². The summed E-state index contributed by atoms with van der Waals surface area (Å²) in [6.45, 7) is 2.21. The number of carbonyl (C=O) groups is 1. The fraction of sp³-hybridized carbons (Fsp3) is 0.0952. The van der Waals surface area contributed by atoms with E-state index in [1.54, 1.807) is 12.1 Å². The van der Waals surface area contributed by atoms with E-state index in [2.05, 4.69) is 26.0 Å². The fourth-order valence-corrected chi connectivity index (χ4v) is 4.19. The van der Waals surface area contributed by atoms with Crippen LogP contribution in [0.25, 0.3) is 0 Å². The normalized spacial score (nSPS) is 11.1. The average Bonchev–Trinajstić information content (AvgIpc) is 2.68. The Kier molecular flexibility index (Phi) is 6.16. The number of halogens is 1. The lowest BCUT2D eigenvalue weighted by atomic mass is 10.2. The minimum absolute atomic E-state index is 0.0966. The number of amides is 1. The molecule has 2 N–H and O–H groups in total. The average molecular weight is 459 g/mol. The van der Waals surface area contributed by atoms with E-state index in [0.717, 1.165) is 15.6 Å². The molecule has 0 spiro atoms. The van der Waals surface area contributed by atoms with Gasteiger partial charge in [0.1, 0.15) is 0 Å². The number of rotatable bonds is 6. The summed E-state index contributed by atoms with van der Waals surface area (Å²) in [6, 6.07) is 20.6. The van der Waals surface area contributed by atoms with Crippen molar-refractivity contribution in [3.8, 4) is 0 Å². The third-order valence-electron chi connectivity index (χ3n) is 4.16. The molecule has 3 aromatic rings. The largest absolute Gasteiger partial charge is 0.348 e. The summed E-state index contributed by atoms with van der Waals surface area (Å²) in [5, 5.41) is 2.82. The van der Waals surface area contributed by atoms with Gasteiger partial charge in [-0.25, -0.2) is 8.42 Å². The first kappa shape index (κ1) is 20.1. The quantitative estimate of drug-likeness (QED) is 0.571. The molecule has 3 rings (SSSR count). The van der Waals surface area contributed by atoms with E-state index < -0.39 is 10.0 Å². The number of carbonyl (C=O) groups excluding carboxylic acids is 1. The monoisotopic (exact) mass is 458 g/mol. The van der Waals surface area contributed by atoms with Gasteiger partial charge in [-0.05, 0) is 60.5 Å². The van der Waals surface area contributed by atoms with Crippen LogP contribution in [-0.2, 0) is 16.6 Å². The fourth-order valence-electron chi connectivity index (χ4n) is 2.61. The molecule has 144 valence electrons. The van der Waals surface area contributed by atoms with Crippen LogP contribution < -0.4 is 10.0 Å². The molecule has 0 aromatic heterocycles. The van der Waals surface area contributed by atoms with E-state index in [4.69, 9.17) is 0 Å². The van der Waals surface area contributed by atoms with Crippen LogP contribution in [0, 0.1) is 6.92 Å². The second kappa shape index (κ2) is 8.58. The highest BCUT2D eigenvalue weighted by atomic mass is 79.9. The Labute approximate surface area is 173 Å². The zero-order chi connectivity index (χ0) is 20.1. The van der Waals surface area contributed by atoms with Crippen LogP contribution >= 0.6 is 15.9 Å². The number of nitrogens with one attached hydrogen (secondary N) is 2. The maximum Gasteiger partial charge on any atom is 0.261 e. The van der Waals surface area contributed by atoms with Crippen molar-refractivity contribution in [2.75, 3.05) is 4.72 Å². The number of hydrogen-bond donors (Lipinski definition) is 2. The van der Waals surface area contributed by atoms with E-state index in [9.17, 15) is 13.2 Å². The number of anilines is 1. The van der Waals surface area contributed by atoms with Gasteiger partial charge >= 0.3 is 0 Å². The lowest BCUT2D eigenvalue weighted by Gasteiger charge is -2.11. The van der Waals surface area contributed by atoms with Crippen molar-refractivity contribution in [1.29, 1.82) is 0 Å². The van der Waals surface area contributed by atoms with Crippen molar-refractivity contribution < 1.29 is 13.2 Å². The minimum Gasteiger partial charge on any atom is -0.348 e. The van der Waals surface area contributed by atoms with Gasteiger partial charge in [0.05, 0.1) is 10.6 Å². The van der Waals surface area contributed by atoms with Crippen LogP contribution in [0.4, 0.5) is 5.69 Å². The number of hydrogen-bond acceptors (Lipinski definition) is 3. The topological polar surface area (TPSA) is 75.3 Å². The first-order valence-electron chi connectivity index (χ1n) is 8.56. The highest BCUT2D eigenvalue weighted by Crippen LogP contribution is 2.19. The predicted molar refractivity (Wildman–Crippen MR) is 114 cm³/mol. The molecule has 7 heteroatoms. The highest BCUT2D eigenvalue weighted by molar-refractivity contribution is 9.10. The summed E-state index contributed by atoms with van der Waals surface area (Å²) >= 11 is 3.39. The van der Waals surface area contributed by atoms with Crippen LogP contribution in [-0.4, -0.2) is 14.3 Å². The van der Waals surface area contributed by atoms with E-state index in [1.807, 2.05) is 43.3 Å². The molecule has 0 unspecified atom stereocenters. The molecule has 0 fully saturated rings. The number of aryl methyl sites for hydroxylation is 1. The van der Waals surface area contributed by atoms with Crippen LogP contribution in [0.15, 0.2) is 82.2 Å². The van der Waals surface area contributed by atoms with Crippen molar-refractivity contribution in [2.24, 2.45) is 0 Å². The lowest BCUT2D eigenvalue weighted by molar-refractivity contribution is 0.0951. The van der Waals surface area contributed by atoms with E-state index >= 15 is 0 Å². The summed E-state index contributed by atoms with van der Waals surface area (Å²) in [4.78, 5) is 12.4. The second-order valence-corrected chi connectivity index (χ2v) is 8.86. The zero-order valence-corrected chi connectivity index (χ0v) is 17.5. The Morgan fingerprint density at radius 1 is 0.964 bits per heavy atom. The molecule has 0 saturated carbocycles. The Morgan fingerprint density at radius 2 is 1.68 bits per heavy atom. The lowest BCUT2D eigenvalue weighted by Crippen LogP contribution is -2.23.